The van der Waals surface area contributed by atoms with E-state index in [0.29, 0.717) is 13.2 Å². The van der Waals surface area contributed by atoms with Crippen molar-refractivity contribution in [1.29, 1.82) is 0 Å². The summed E-state index contributed by atoms with van der Waals surface area (Å²) in [5, 5.41) is 3.03. The van der Waals surface area contributed by atoms with E-state index in [9.17, 15) is 9.18 Å². The minimum absolute atomic E-state index is 0.00984. The number of halogens is 1. The molecular weight excluding hydrogens is 379 g/mol. The van der Waals surface area contributed by atoms with Gasteiger partial charge in [-0.25, -0.2) is 4.39 Å². The third-order valence-corrected chi connectivity index (χ3v) is 5.55. The first kappa shape index (κ1) is 22.3. The molecule has 30 heavy (non-hydrogen) atoms. The number of nitrogens with one attached hydrogen (secondary N) is 1. The summed E-state index contributed by atoms with van der Waals surface area (Å²) in [5.41, 5.74) is 2.25. The lowest BCUT2D eigenvalue weighted by Gasteiger charge is -2.32. The predicted octanol–water partition coefficient (Wildman–Crippen LogP) is 4.53. The molecule has 0 spiro atoms. The van der Waals surface area contributed by atoms with E-state index in [2.05, 4.69) is 37.1 Å². The van der Waals surface area contributed by atoms with E-state index in [1.54, 1.807) is 0 Å². The van der Waals surface area contributed by atoms with Crippen LogP contribution in [0.25, 0.3) is 0 Å². The highest BCUT2D eigenvalue weighted by Crippen LogP contribution is 2.30. The summed E-state index contributed by atoms with van der Waals surface area (Å²) in [7, 11) is 0. The van der Waals surface area contributed by atoms with Gasteiger partial charge in [-0.3, -0.25) is 9.69 Å². The maximum absolute atomic E-state index is 13.1. The summed E-state index contributed by atoms with van der Waals surface area (Å²) in [4.78, 5) is 14.9. The smallest absolute Gasteiger partial charge is 0.224 e. The second-order valence-corrected chi connectivity index (χ2v) is 9.09. The maximum atomic E-state index is 13.1. The third kappa shape index (κ3) is 6.30. The Morgan fingerprint density at radius 3 is 2.63 bits per heavy atom. The normalized spacial score (nSPS) is 17.5. The Morgan fingerprint density at radius 1 is 1.17 bits per heavy atom. The molecule has 0 radical (unpaired) electrons. The molecule has 1 atom stereocenters. The minimum Gasteiger partial charge on any atom is -0.491 e. The number of piperidine rings is 1. The van der Waals surface area contributed by atoms with Gasteiger partial charge in [-0.2, -0.15) is 0 Å². The van der Waals surface area contributed by atoms with E-state index in [-0.39, 0.29) is 23.1 Å². The van der Waals surface area contributed by atoms with Crippen molar-refractivity contribution in [3.8, 4) is 5.75 Å². The predicted molar refractivity (Wildman–Crippen MR) is 118 cm³/mol. The summed E-state index contributed by atoms with van der Waals surface area (Å²) in [6.07, 6.45) is 1.90. The first-order valence-electron chi connectivity index (χ1n) is 10.8. The van der Waals surface area contributed by atoms with Crippen LogP contribution in [-0.2, 0) is 16.8 Å². The molecule has 1 aliphatic rings. The summed E-state index contributed by atoms with van der Waals surface area (Å²) >= 11 is 0. The fourth-order valence-corrected chi connectivity index (χ4v) is 3.95. The molecule has 1 fully saturated rings. The Kier molecular flexibility index (Phi) is 7.48. The molecule has 0 saturated carbocycles. The molecule has 0 unspecified atom stereocenters. The van der Waals surface area contributed by atoms with Gasteiger partial charge in [0.25, 0.3) is 0 Å². The van der Waals surface area contributed by atoms with E-state index in [1.807, 2.05) is 30.3 Å². The molecule has 1 heterocycles. The molecule has 2 aromatic rings. The molecule has 0 aliphatic carbocycles. The van der Waals surface area contributed by atoms with Crippen LogP contribution in [0.1, 0.15) is 44.7 Å². The topological polar surface area (TPSA) is 41.6 Å². The lowest BCUT2D eigenvalue weighted by atomic mass is 9.86. The number of benzene rings is 2. The highest BCUT2D eigenvalue weighted by atomic mass is 19.1. The number of para-hydroxylation sites is 1. The third-order valence-electron chi connectivity index (χ3n) is 5.55. The molecule has 1 saturated heterocycles. The lowest BCUT2D eigenvalue weighted by molar-refractivity contribution is -0.126. The van der Waals surface area contributed by atoms with Gasteiger partial charge in [0.15, 0.2) is 0 Å². The van der Waals surface area contributed by atoms with Crippen molar-refractivity contribution in [3.05, 3.63) is 65.5 Å². The standard InChI is InChI=1S/C25H33FN2O2/c1-25(2,3)22-8-4-5-9-23(22)30-16-14-27-24(29)20-7-6-15-28(18-20)17-19-10-12-21(26)13-11-19/h4-5,8-13,20H,6-7,14-18H2,1-3H3,(H,27,29)/t20-/m0/s1. The average molecular weight is 413 g/mol. The van der Waals surface area contributed by atoms with Gasteiger partial charge in [-0.1, -0.05) is 51.1 Å². The summed E-state index contributed by atoms with van der Waals surface area (Å²) in [6.45, 7) is 9.88. The van der Waals surface area contributed by atoms with Gasteiger partial charge in [-0.15, -0.1) is 0 Å². The van der Waals surface area contributed by atoms with Crippen molar-refractivity contribution >= 4 is 5.91 Å². The summed E-state index contributed by atoms with van der Waals surface area (Å²) < 4.78 is 19.0. The number of amides is 1. The van der Waals surface area contributed by atoms with Gasteiger partial charge in [0, 0.05) is 13.1 Å². The van der Waals surface area contributed by atoms with E-state index in [4.69, 9.17) is 4.74 Å². The Balaban J connectivity index is 1.44. The van der Waals surface area contributed by atoms with Gasteiger partial charge in [-0.05, 0) is 54.1 Å². The average Bonchev–Trinajstić information content (AvgIpc) is 2.72. The van der Waals surface area contributed by atoms with Crippen molar-refractivity contribution in [2.75, 3.05) is 26.2 Å². The molecule has 3 rings (SSSR count). The molecule has 1 N–H and O–H groups in total. The van der Waals surface area contributed by atoms with Crippen molar-refractivity contribution in [2.24, 2.45) is 5.92 Å². The zero-order valence-electron chi connectivity index (χ0n) is 18.3. The largest absolute Gasteiger partial charge is 0.491 e. The van der Waals surface area contributed by atoms with Gasteiger partial charge < -0.3 is 10.1 Å². The molecule has 4 nitrogen and oxygen atoms in total. The van der Waals surface area contributed by atoms with Crippen molar-refractivity contribution in [3.63, 3.8) is 0 Å². The molecule has 0 bridgehead atoms. The lowest BCUT2D eigenvalue weighted by Crippen LogP contribution is -2.43. The molecule has 1 amide bonds. The van der Waals surface area contributed by atoms with E-state index >= 15 is 0 Å². The van der Waals surface area contributed by atoms with E-state index in [0.717, 1.165) is 43.8 Å². The van der Waals surface area contributed by atoms with E-state index in [1.165, 1.54) is 17.7 Å². The SMILES string of the molecule is CC(C)(C)c1ccccc1OCCNC(=O)[C@H]1CCCN(Cc2ccc(F)cc2)C1. The van der Waals surface area contributed by atoms with Crippen LogP contribution in [0, 0.1) is 11.7 Å². The maximum Gasteiger partial charge on any atom is 0.224 e. The number of rotatable bonds is 7. The number of likely N-dealkylation sites (tertiary alicyclic amines) is 1. The number of ether oxygens (including phenoxy) is 1. The highest BCUT2D eigenvalue weighted by Gasteiger charge is 2.25. The summed E-state index contributed by atoms with van der Waals surface area (Å²) in [5.74, 6) is 0.733. The van der Waals surface area contributed by atoms with Crippen molar-refractivity contribution in [1.82, 2.24) is 10.2 Å². The van der Waals surface area contributed by atoms with E-state index < -0.39 is 0 Å². The fourth-order valence-electron chi connectivity index (χ4n) is 3.95. The van der Waals surface area contributed by atoms with Crippen LogP contribution in [0.4, 0.5) is 4.39 Å². The number of hydrogen-bond donors (Lipinski definition) is 1. The molecule has 162 valence electrons. The quantitative estimate of drug-likeness (QED) is 0.680. The number of nitrogens with zero attached hydrogens (tertiary/aromatic N) is 1. The summed E-state index contributed by atoms with van der Waals surface area (Å²) in [6, 6.07) is 14.7. The second kappa shape index (κ2) is 10.1. The number of carbonyl (C=O) groups excluding carboxylic acids is 1. The highest BCUT2D eigenvalue weighted by molar-refractivity contribution is 5.78. The van der Waals surface area contributed by atoms with Gasteiger partial charge in [0.05, 0.1) is 12.5 Å². The monoisotopic (exact) mass is 412 g/mol. The van der Waals surface area contributed by atoms with Crippen LogP contribution in [0.5, 0.6) is 5.75 Å². The van der Waals surface area contributed by atoms with Crippen LogP contribution < -0.4 is 10.1 Å². The van der Waals surface area contributed by atoms with Crippen LogP contribution in [-0.4, -0.2) is 37.0 Å². The number of hydrogen-bond acceptors (Lipinski definition) is 3. The van der Waals surface area contributed by atoms with Crippen LogP contribution in [0.3, 0.4) is 0 Å². The Morgan fingerprint density at radius 2 is 1.90 bits per heavy atom. The molecule has 1 aliphatic heterocycles. The van der Waals surface area contributed by atoms with Gasteiger partial charge in [0.2, 0.25) is 5.91 Å². The van der Waals surface area contributed by atoms with Crippen LogP contribution in [0.2, 0.25) is 0 Å². The Labute approximate surface area is 179 Å². The minimum atomic E-state index is -0.220. The van der Waals surface area contributed by atoms with Crippen molar-refractivity contribution < 1.29 is 13.9 Å². The molecule has 5 heteroatoms. The Hall–Kier alpha value is -2.40. The van der Waals surface area contributed by atoms with Gasteiger partial charge in [0.1, 0.15) is 18.2 Å². The molecule has 2 aromatic carbocycles. The van der Waals surface area contributed by atoms with Gasteiger partial charge >= 0.3 is 0 Å². The van der Waals surface area contributed by atoms with Crippen molar-refractivity contribution in [2.45, 2.75) is 45.6 Å². The Bertz CT molecular complexity index is 830. The first-order chi connectivity index (χ1) is 14.3. The first-order valence-corrected chi connectivity index (χ1v) is 10.8. The number of carbonyl (C=O) groups is 1. The van der Waals surface area contributed by atoms with Crippen LogP contribution >= 0.6 is 0 Å². The second-order valence-electron chi connectivity index (χ2n) is 9.09. The molecule has 0 aromatic heterocycles. The van der Waals surface area contributed by atoms with Crippen LogP contribution in [0.15, 0.2) is 48.5 Å². The zero-order chi connectivity index (χ0) is 21.6. The zero-order valence-corrected chi connectivity index (χ0v) is 18.3. The fraction of sp³-hybridized carbons (Fsp3) is 0.480. The molecular formula is C25H33FN2O2.